The van der Waals surface area contributed by atoms with Gasteiger partial charge in [-0.1, -0.05) is 37.6 Å². The Morgan fingerprint density at radius 3 is 2.67 bits per heavy atom. The van der Waals surface area contributed by atoms with Gasteiger partial charge >= 0.3 is 0 Å². The molecule has 0 saturated heterocycles. The second-order valence-electron chi connectivity index (χ2n) is 15.5. The Balaban J connectivity index is 1.15. The fourth-order valence-electron chi connectivity index (χ4n) is 9.68. The number of amides is 2. The van der Waals surface area contributed by atoms with E-state index in [2.05, 4.69) is 59.7 Å². The molecule has 3 aliphatic rings. The number of carbonyl (C=O) groups excluding carboxylic acids is 2. The van der Waals surface area contributed by atoms with Crippen LogP contribution in [0, 0.1) is 42.1 Å². The molecule has 1 aromatic carbocycles. The van der Waals surface area contributed by atoms with E-state index in [1.54, 1.807) is 35.6 Å². The molecule has 0 aliphatic heterocycles. The quantitative estimate of drug-likeness (QED) is 0.167. The van der Waals surface area contributed by atoms with E-state index in [1.165, 1.54) is 12.0 Å². The van der Waals surface area contributed by atoms with E-state index < -0.39 is 5.54 Å². The summed E-state index contributed by atoms with van der Waals surface area (Å²) < 4.78 is 0. The largest absolute Gasteiger partial charge is 0.383 e. The first-order valence-corrected chi connectivity index (χ1v) is 18.1. The van der Waals surface area contributed by atoms with Gasteiger partial charge in [-0.2, -0.15) is 0 Å². The van der Waals surface area contributed by atoms with Crippen molar-refractivity contribution in [3.8, 4) is 0 Å². The number of carbonyl (C=O) groups is 2. The SMILES string of the molecule is [C-]#[N+][C@@]12CCC(=C)[C@H]3[C@H](CC(C)(C)NC(=O)CN(CCNc4ccnc5cc(Cl)ccc45)C(=O)c4ccncc4)C[C@H](C)[C@@H](CC[C@@H]1C)[C@@H]32. The van der Waals surface area contributed by atoms with Crippen LogP contribution in [0.1, 0.15) is 76.6 Å². The van der Waals surface area contributed by atoms with Crippen LogP contribution in [-0.4, -0.2) is 57.4 Å². The molecule has 49 heavy (non-hydrogen) atoms. The number of aromatic nitrogens is 2. The standard InChI is InChI=1S/C40H49ClN6O2/c1-25-11-15-40(42-6)27(3)7-9-31-26(2)21-29(36(25)37(31)40)23-39(4,5)46-35(48)24-47(38(49)28-12-16-43-17-13-28)20-19-45-33-14-18-44-34-22-30(41)8-10-32(33)34/h8,10,12-14,16-18,22,26-27,29,31,36-37H,1,7,9,11,15,19-21,23-24H2,2-5H3,(H,44,45)(H,46,48)/t26-,27-,29-,31+,36-,37-,40-/m0/s1. The molecule has 3 aromatic rings. The summed E-state index contributed by atoms with van der Waals surface area (Å²) in [4.78, 5) is 42.0. The Bertz CT molecular complexity index is 1750. The molecule has 2 heterocycles. The Kier molecular flexibility index (Phi) is 10.0. The van der Waals surface area contributed by atoms with Crippen LogP contribution in [0.2, 0.25) is 5.02 Å². The molecule has 3 aliphatic carbocycles. The first kappa shape index (κ1) is 34.9. The lowest BCUT2D eigenvalue weighted by atomic mass is 9.45. The maximum atomic E-state index is 13.8. The molecule has 8 nitrogen and oxygen atoms in total. The van der Waals surface area contributed by atoms with Crippen molar-refractivity contribution in [2.24, 2.45) is 35.5 Å². The van der Waals surface area contributed by atoms with Gasteiger partial charge in [-0.15, -0.1) is 0 Å². The monoisotopic (exact) mass is 680 g/mol. The van der Waals surface area contributed by atoms with E-state index >= 15 is 0 Å². The Hall–Kier alpha value is -3.96. The van der Waals surface area contributed by atoms with E-state index in [1.807, 2.05) is 24.3 Å². The number of benzene rings is 1. The third kappa shape index (κ3) is 7.05. The molecule has 2 N–H and O–H groups in total. The summed E-state index contributed by atoms with van der Waals surface area (Å²) in [5, 5.41) is 8.29. The number of fused-ring (bicyclic) bond motifs is 1. The van der Waals surface area contributed by atoms with Crippen molar-refractivity contribution in [1.29, 1.82) is 0 Å². The third-order valence-electron chi connectivity index (χ3n) is 11.9. The molecule has 258 valence electrons. The van der Waals surface area contributed by atoms with E-state index in [0.29, 0.717) is 59.2 Å². The van der Waals surface area contributed by atoms with Crippen LogP contribution in [0.25, 0.3) is 15.7 Å². The molecular weight excluding hydrogens is 632 g/mol. The Morgan fingerprint density at radius 1 is 1.14 bits per heavy atom. The Morgan fingerprint density at radius 2 is 1.92 bits per heavy atom. The molecule has 6 rings (SSSR count). The van der Waals surface area contributed by atoms with Gasteiger partial charge in [-0.05, 0) is 106 Å². The minimum absolute atomic E-state index is 0.0702. The van der Waals surface area contributed by atoms with Gasteiger partial charge in [-0.3, -0.25) is 19.6 Å². The highest BCUT2D eigenvalue weighted by molar-refractivity contribution is 6.31. The summed E-state index contributed by atoms with van der Waals surface area (Å²) >= 11 is 6.18. The number of nitrogens with zero attached hydrogens (tertiary/aromatic N) is 4. The van der Waals surface area contributed by atoms with Crippen molar-refractivity contribution < 1.29 is 9.59 Å². The van der Waals surface area contributed by atoms with E-state index in [0.717, 1.165) is 48.7 Å². The molecule has 0 radical (unpaired) electrons. The molecule has 0 unspecified atom stereocenters. The van der Waals surface area contributed by atoms with Crippen LogP contribution in [0.4, 0.5) is 5.69 Å². The van der Waals surface area contributed by atoms with Crippen molar-refractivity contribution in [2.45, 2.75) is 77.3 Å². The lowest BCUT2D eigenvalue weighted by Gasteiger charge is -2.58. The first-order chi connectivity index (χ1) is 23.4. The van der Waals surface area contributed by atoms with Gasteiger partial charge in [0.2, 0.25) is 11.4 Å². The van der Waals surface area contributed by atoms with Crippen LogP contribution in [0.3, 0.4) is 0 Å². The molecule has 3 saturated carbocycles. The number of rotatable bonds is 10. The van der Waals surface area contributed by atoms with E-state index in [-0.39, 0.29) is 23.9 Å². The zero-order valence-corrected chi connectivity index (χ0v) is 30.0. The predicted molar refractivity (Wildman–Crippen MR) is 196 cm³/mol. The van der Waals surface area contributed by atoms with Crippen LogP contribution >= 0.6 is 11.6 Å². The van der Waals surface area contributed by atoms with Crippen molar-refractivity contribution in [3.63, 3.8) is 0 Å². The maximum absolute atomic E-state index is 13.8. The highest BCUT2D eigenvalue weighted by Gasteiger charge is 2.64. The Labute approximate surface area is 295 Å². The second-order valence-corrected chi connectivity index (χ2v) is 15.9. The second kappa shape index (κ2) is 14.1. The molecule has 0 bridgehead atoms. The normalized spacial score (nSPS) is 27.9. The van der Waals surface area contributed by atoms with Crippen LogP contribution in [-0.2, 0) is 4.79 Å². The average Bonchev–Trinajstić information content (AvgIpc) is 3.07. The molecule has 3 fully saturated rings. The van der Waals surface area contributed by atoms with Gasteiger partial charge in [0.05, 0.1) is 12.1 Å². The van der Waals surface area contributed by atoms with Crippen molar-refractivity contribution in [2.75, 3.05) is 25.0 Å². The van der Waals surface area contributed by atoms with Gasteiger partial charge in [-0.25, -0.2) is 6.57 Å². The summed E-state index contributed by atoms with van der Waals surface area (Å²) in [5.74, 6) is 2.06. The predicted octanol–water partition coefficient (Wildman–Crippen LogP) is 8.06. The highest BCUT2D eigenvalue weighted by atomic mass is 35.5. The summed E-state index contributed by atoms with van der Waals surface area (Å²) in [6.45, 7) is 22.5. The van der Waals surface area contributed by atoms with Crippen molar-refractivity contribution in [1.82, 2.24) is 20.2 Å². The van der Waals surface area contributed by atoms with Crippen LogP contribution in [0.5, 0.6) is 0 Å². The van der Waals surface area contributed by atoms with Gasteiger partial charge in [0.25, 0.3) is 5.91 Å². The molecule has 0 spiro atoms. The minimum atomic E-state index is -0.506. The topological polar surface area (TPSA) is 91.6 Å². The molecule has 7 atom stereocenters. The number of halogens is 1. The molecule has 2 aromatic heterocycles. The number of nitrogens with one attached hydrogen (secondary N) is 2. The number of hydrogen-bond donors (Lipinski definition) is 2. The summed E-state index contributed by atoms with van der Waals surface area (Å²) in [6, 6.07) is 10.8. The first-order valence-electron chi connectivity index (χ1n) is 17.8. The van der Waals surface area contributed by atoms with E-state index in [9.17, 15) is 9.59 Å². The molecular formula is C40H49ClN6O2. The van der Waals surface area contributed by atoms with Crippen molar-refractivity contribution >= 4 is 40.0 Å². The highest BCUT2D eigenvalue weighted by Crippen LogP contribution is 2.63. The number of pyridine rings is 2. The fourth-order valence-corrected chi connectivity index (χ4v) is 9.85. The summed E-state index contributed by atoms with van der Waals surface area (Å²) in [6.07, 6.45) is 11.0. The minimum Gasteiger partial charge on any atom is -0.383 e. The van der Waals surface area contributed by atoms with Gasteiger partial charge in [0.1, 0.15) is 0 Å². The number of allylic oxidation sites excluding steroid dienone is 1. The zero-order valence-electron chi connectivity index (χ0n) is 29.2. The van der Waals surface area contributed by atoms with Gasteiger partial charge in [0.15, 0.2) is 0 Å². The molecule has 9 heteroatoms. The summed E-state index contributed by atoms with van der Waals surface area (Å²) in [7, 11) is 0. The van der Waals surface area contributed by atoms with Crippen molar-refractivity contribution in [3.05, 3.63) is 89.1 Å². The fraction of sp³-hybridized carbons (Fsp3) is 0.525. The van der Waals surface area contributed by atoms with Gasteiger partial charge in [0, 0.05) is 77.1 Å². The zero-order chi connectivity index (χ0) is 34.9. The third-order valence-corrected chi connectivity index (χ3v) is 12.1. The number of hydrogen-bond acceptors (Lipinski definition) is 5. The number of anilines is 1. The smallest absolute Gasteiger partial charge is 0.254 e. The molecule has 2 amide bonds. The van der Waals surface area contributed by atoms with Gasteiger partial charge < -0.3 is 20.4 Å². The summed E-state index contributed by atoms with van der Waals surface area (Å²) in [5.41, 5.74) is 2.64. The van der Waals surface area contributed by atoms with E-state index in [4.69, 9.17) is 18.2 Å². The van der Waals surface area contributed by atoms with Crippen LogP contribution in [0.15, 0.2) is 67.1 Å². The lowest BCUT2D eigenvalue weighted by Crippen LogP contribution is -2.60. The maximum Gasteiger partial charge on any atom is 0.254 e. The van der Waals surface area contributed by atoms with Crippen LogP contribution < -0.4 is 10.6 Å². The average molecular weight is 681 g/mol. The lowest BCUT2D eigenvalue weighted by molar-refractivity contribution is -0.124.